The molecule has 9 nitrogen and oxygen atoms in total. The Morgan fingerprint density at radius 3 is 3.12 bits per heavy atom. The van der Waals surface area contributed by atoms with Crippen LogP contribution in [0.3, 0.4) is 0 Å². The normalized spacial score (nSPS) is 17.7. The van der Waals surface area contributed by atoms with Gasteiger partial charge in [-0.05, 0) is 30.9 Å². The van der Waals surface area contributed by atoms with Gasteiger partial charge in [-0.3, -0.25) is 14.9 Å². The fraction of sp³-hybridized carbons (Fsp3) is 0.500. The second-order valence-corrected chi connectivity index (χ2v) is 6.11. The summed E-state index contributed by atoms with van der Waals surface area (Å²) in [6.07, 6.45) is 4.04. The Kier molecular flexibility index (Phi) is 7.42. The van der Waals surface area contributed by atoms with Gasteiger partial charge in [0.15, 0.2) is 11.7 Å². The van der Waals surface area contributed by atoms with Crippen LogP contribution in [0, 0.1) is 5.92 Å². The highest BCUT2D eigenvalue weighted by atomic mass is 127. The number of H-pyrrole nitrogens is 1. The van der Waals surface area contributed by atoms with Gasteiger partial charge < -0.3 is 20.4 Å². The van der Waals surface area contributed by atoms with E-state index in [0.717, 1.165) is 31.9 Å². The number of nitrogens with zero attached hydrogens (tertiary/aromatic N) is 4. The summed E-state index contributed by atoms with van der Waals surface area (Å²) in [7, 11) is 1.74. The number of primary amides is 1. The number of piperidine rings is 1. The van der Waals surface area contributed by atoms with E-state index in [1.54, 1.807) is 19.4 Å². The van der Waals surface area contributed by atoms with Crippen LogP contribution in [-0.2, 0) is 11.3 Å². The lowest BCUT2D eigenvalue weighted by Crippen LogP contribution is -2.47. The molecule has 0 aliphatic carbocycles. The Hall–Kier alpha value is -2.11. The van der Waals surface area contributed by atoms with E-state index in [0.29, 0.717) is 30.4 Å². The molecule has 1 saturated heterocycles. The molecule has 0 spiro atoms. The number of aliphatic imine (C=N–C) groups is 1. The Balaban J connectivity index is 0.00000243. The molecule has 2 aromatic heterocycles. The van der Waals surface area contributed by atoms with Crippen molar-refractivity contribution in [3.05, 3.63) is 24.2 Å². The fourth-order valence-corrected chi connectivity index (χ4v) is 3.09. The summed E-state index contributed by atoms with van der Waals surface area (Å²) in [5.41, 5.74) is 5.32. The quantitative estimate of drug-likeness (QED) is 0.342. The van der Waals surface area contributed by atoms with Gasteiger partial charge in [0.25, 0.3) is 0 Å². The molecule has 142 valence electrons. The summed E-state index contributed by atoms with van der Waals surface area (Å²) in [4.78, 5) is 22.0. The molecule has 3 rings (SSSR count). The Morgan fingerprint density at radius 2 is 2.42 bits per heavy atom. The third-order valence-corrected chi connectivity index (χ3v) is 4.21. The number of aromatic nitrogens is 3. The lowest BCUT2D eigenvalue weighted by molar-refractivity contribution is -0.119. The summed E-state index contributed by atoms with van der Waals surface area (Å²) < 4.78 is 5.28. The zero-order valence-corrected chi connectivity index (χ0v) is 17.0. The number of guanidine groups is 1. The number of halogens is 1. The van der Waals surface area contributed by atoms with Crippen molar-refractivity contribution in [1.29, 1.82) is 0 Å². The van der Waals surface area contributed by atoms with Gasteiger partial charge in [0.05, 0.1) is 12.8 Å². The molecule has 2 aromatic rings. The number of amides is 1. The molecule has 0 saturated carbocycles. The first kappa shape index (κ1) is 20.2. The molecule has 1 aliphatic rings. The maximum Gasteiger partial charge on any atom is 0.217 e. The minimum atomic E-state index is -0.248. The minimum absolute atomic E-state index is 0. The van der Waals surface area contributed by atoms with E-state index >= 15 is 0 Å². The molecule has 1 unspecified atom stereocenters. The molecule has 0 aromatic carbocycles. The first-order chi connectivity index (χ1) is 12.2. The second kappa shape index (κ2) is 9.55. The molecule has 1 aliphatic heterocycles. The number of carbonyl (C=O) groups is 1. The monoisotopic (exact) mass is 473 g/mol. The Bertz CT molecular complexity index is 729. The van der Waals surface area contributed by atoms with E-state index in [9.17, 15) is 4.79 Å². The fourth-order valence-electron chi connectivity index (χ4n) is 3.09. The Morgan fingerprint density at radius 1 is 1.58 bits per heavy atom. The molecular weight excluding hydrogens is 449 g/mol. The van der Waals surface area contributed by atoms with Crippen LogP contribution in [0.2, 0.25) is 0 Å². The second-order valence-electron chi connectivity index (χ2n) is 6.11. The van der Waals surface area contributed by atoms with Crippen LogP contribution in [0.15, 0.2) is 27.8 Å². The maximum atomic E-state index is 11.2. The van der Waals surface area contributed by atoms with Crippen molar-refractivity contribution < 1.29 is 9.21 Å². The molecular formula is C16H24IN7O2. The first-order valence-electron chi connectivity index (χ1n) is 8.34. The first-order valence-corrected chi connectivity index (χ1v) is 8.34. The smallest absolute Gasteiger partial charge is 0.217 e. The van der Waals surface area contributed by atoms with Gasteiger partial charge >= 0.3 is 0 Å². The van der Waals surface area contributed by atoms with E-state index in [4.69, 9.17) is 10.2 Å². The van der Waals surface area contributed by atoms with Crippen molar-refractivity contribution in [2.45, 2.75) is 25.8 Å². The standard InChI is InChI=1S/C16H23N7O2.HI/c1-18-16(23-6-2-4-11(10-23)8-13(17)24)19-9-14-20-15(22-21-14)12-5-3-7-25-12;/h3,5,7,11H,2,4,6,8-10H2,1H3,(H2,17,24)(H,18,19)(H,20,21,22);1H. The molecule has 10 heteroatoms. The van der Waals surface area contributed by atoms with E-state index in [1.807, 2.05) is 6.07 Å². The van der Waals surface area contributed by atoms with E-state index in [-0.39, 0.29) is 35.8 Å². The largest absolute Gasteiger partial charge is 0.461 e. The minimum Gasteiger partial charge on any atom is -0.461 e. The average Bonchev–Trinajstić information content (AvgIpc) is 3.26. The zero-order chi connectivity index (χ0) is 17.6. The number of nitrogens with one attached hydrogen (secondary N) is 2. The van der Waals surface area contributed by atoms with Crippen LogP contribution >= 0.6 is 24.0 Å². The zero-order valence-electron chi connectivity index (χ0n) is 14.6. The predicted octanol–water partition coefficient (Wildman–Crippen LogP) is 1.35. The molecule has 1 amide bonds. The van der Waals surface area contributed by atoms with Gasteiger partial charge in [0, 0.05) is 26.6 Å². The molecule has 4 N–H and O–H groups in total. The van der Waals surface area contributed by atoms with Crippen molar-refractivity contribution in [1.82, 2.24) is 25.4 Å². The third kappa shape index (κ3) is 5.19. The van der Waals surface area contributed by atoms with E-state index in [2.05, 4.69) is 30.4 Å². The third-order valence-electron chi connectivity index (χ3n) is 4.21. The lowest BCUT2D eigenvalue weighted by atomic mass is 9.95. The van der Waals surface area contributed by atoms with Crippen LogP contribution in [0.5, 0.6) is 0 Å². The number of likely N-dealkylation sites (tertiary alicyclic amines) is 1. The highest BCUT2D eigenvalue weighted by Crippen LogP contribution is 2.19. The van der Waals surface area contributed by atoms with Crippen molar-refractivity contribution in [2.24, 2.45) is 16.6 Å². The lowest BCUT2D eigenvalue weighted by Gasteiger charge is -2.34. The highest BCUT2D eigenvalue weighted by Gasteiger charge is 2.23. The number of furan rings is 1. The summed E-state index contributed by atoms with van der Waals surface area (Å²) in [5.74, 6) is 2.65. The van der Waals surface area contributed by atoms with Crippen molar-refractivity contribution in [2.75, 3.05) is 20.1 Å². The van der Waals surface area contributed by atoms with E-state index in [1.165, 1.54) is 0 Å². The number of aromatic amines is 1. The van der Waals surface area contributed by atoms with Crippen LogP contribution in [-0.4, -0.2) is 52.1 Å². The number of carbonyl (C=O) groups excluding carboxylic acids is 1. The summed E-state index contributed by atoms with van der Waals surface area (Å²) >= 11 is 0. The van der Waals surface area contributed by atoms with Gasteiger partial charge in [0.2, 0.25) is 11.7 Å². The molecule has 0 bridgehead atoms. The SMILES string of the molecule is CN=C(NCc1nc(-c2ccco2)n[nH]1)N1CCCC(CC(N)=O)C1.I. The summed E-state index contributed by atoms with van der Waals surface area (Å²) in [5, 5.41) is 10.3. The number of nitrogens with two attached hydrogens (primary N) is 1. The van der Waals surface area contributed by atoms with Gasteiger partial charge in [-0.1, -0.05) is 0 Å². The number of hydrogen-bond acceptors (Lipinski definition) is 5. The van der Waals surface area contributed by atoms with Crippen molar-refractivity contribution in [3.63, 3.8) is 0 Å². The van der Waals surface area contributed by atoms with E-state index < -0.39 is 0 Å². The van der Waals surface area contributed by atoms with Crippen molar-refractivity contribution in [3.8, 4) is 11.6 Å². The molecule has 1 atom stereocenters. The number of rotatable bonds is 5. The van der Waals surface area contributed by atoms with Gasteiger partial charge in [-0.2, -0.15) is 0 Å². The predicted molar refractivity (Wildman–Crippen MR) is 108 cm³/mol. The van der Waals surface area contributed by atoms with Crippen LogP contribution in [0.1, 0.15) is 25.1 Å². The Labute approximate surface area is 168 Å². The van der Waals surface area contributed by atoms with Gasteiger partial charge in [-0.15, -0.1) is 29.1 Å². The molecule has 26 heavy (non-hydrogen) atoms. The number of hydrogen-bond donors (Lipinski definition) is 3. The summed E-state index contributed by atoms with van der Waals surface area (Å²) in [6, 6.07) is 3.61. The molecule has 1 fully saturated rings. The van der Waals surface area contributed by atoms with Gasteiger partial charge in [0.1, 0.15) is 5.82 Å². The maximum absolute atomic E-state index is 11.2. The van der Waals surface area contributed by atoms with Gasteiger partial charge in [-0.25, -0.2) is 4.98 Å². The summed E-state index contributed by atoms with van der Waals surface area (Å²) in [6.45, 7) is 2.15. The topological polar surface area (TPSA) is 125 Å². The average molecular weight is 473 g/mol. The van der Waals surface area contributed by atoms with Crippen LogP contribution < -0.4 is 11.1 Å². The van der Waals surface area contributed by atoms with Crippen LogP contribution in [0.25, 0.3) is 11.6 Å². The molecule has 0 radical (unpaired) electrons. The van der Waals surface area contributed by atoms with Crippen molar-refractivity contribution >= 4 is 35.8 Å². The van der Waals surface area contributed by atoms with Crippen LogP contribution in [0.4, 0.5) is 0 Å². The molecule has 3 heterocycles. The highest BCUT2D eigenvalue weighted by molar-refractivity contribution is 14.0.